The first kappa shape index (κ1) is 10.9. The van der Waals surface area contributed by atoms with Gasteiger partial charge < -0.3 is 0 Å². The van der Waals surface area contributed by atoms with E-state index in [9.17, 15) is 4.79 Å². The molecule has 0 unspecified atom stereocenters. The van der Waals surface area contributed by atoms with Crippen LogP contribution in [0, 0.1) is 0 Å². The summed E-state index contributed by atoms with van der Waals surface area (Å²) in [7, 11) is 0. The Morgan fingerprint density at radius 3 is 2.77 bits per heavy atom. The van der Waals surface area contributed by atoms with Gasteiger partial charge in [0.05, 0.1) is 0 Å². The van der Waals surface area contributed by atoms with E-state index in [1.807, 2.05) is 0 Å². The van der Waals surface area contributed by atoms with Gasteiger partial charge in [0, 0.05) is 13.0 Å². The summed E-state index contributed by atoms with van der Waals surface area (Å²) in [5.74, 6) is -0.0717. The molecule has 0 aliphatic carbocycles. The number of hydrazine groups is 1. The molecule has 9 heteroatoms. The number of tetrazole rings is 1. The van der Waals surface area contributed by atoms with E-state index in [2.05, 4.69) is 33.6 Å². The zero-order chi connectivity index (χ0) is 8.55. The zero-order valence-electron chi connectivity index (χ0n) is 6.01. The van der Waals surface area contributed by atoms with Crippen molar-refractivity contribution >= 4 is 48.1 Å². The number of hydrogen-bond acceptors (Lipinski definition) is 6. The Balaban J connectivity index is 0.000000845. The third-order valence-corrected chi connectivity index (χ3v) is 1.73. The molecule has 2 heterocycles. The Hall–Kier alpha value is -0.150. The maximum atomic E-state index is 11.1. The SMILES string of the molecule is O=C1CCNN1n1nnnc1S.[NaH]. The van der Waals surface area contributed by atoms with Crippen LogP contribution in [0.5, 0.6) is 0 Å². The average Bonchev–Trinajstić information content (AvgIpc) is 2.59. The summed E-state index contributed by atoms with van der Waals surface area (Å²) in [5, 5.41) is 12.0. The predicted molar refractivity (Wildman–Crippen MR) is 48.1 cm³/mol. The number of amides is 1. The number of hydrogen-bond donors (Lipinski definition) is 2. The van der Waals surface area contributed by atoms with E-state index < -0.39 is 0 Å². The maximum absolute atomic E-state index is 11.1. The second-order valence-electron chi connectivity index (χ2n) is 2.23. The van der Waals surface area contributed by atoms with Gasteiger partial charge in [0.2, 0.25) is 5.16 Å². The molecule has 0 aromatic carbocycles. The van der Waals surface area contributed by atoms with Crippen LogP contribution >= 0.6 is 12.6 Å². The van der Waals surface area contributed by atoms with E-state index in [0.29, 0.717) is 13.0 Å². The second kappa shape index (κ2) is 4.38. The summed E-state index contributed by atoms with van der Waals surface area (Å²) < 4.78 is 0. The Kier molecular flexibility index (Phi) is 3.68. The molecule has 0 spiro atoms. The van der Waals surface area contributed by atoms with Crippen molar-refractivity contribution in [1.29, 1.82) is 0 Å². The molecule has 0 bridgehead atoms. The molecule has 1 aromatic rings. The molecule has 0 saturated carbocycles. The topological polar surface area (TPSA) is 75.9 Å². The van der Waals surface area contributed by atoms with E-state index in [-0.39, 0.29) is 40.6 Å². The van der Waals surface area contributed by atoms with Crippen molar-refractivity contribution in [3.63, 3.8) is 0 Å². The molecule has 1 aliphatic rings. The normalized spacial score (nSPS) is 16.1. The monoisotopic (exact) mass is 210 g/mol. The molecule has 0 atom stereocenters. The summed E-state index contributed by atoms with van der Waals surface area (Å²) in [6, 6.07) is 0. The first-order valence-electron chi connectivity index (χ1n) is 3.33. The van der Waals surface area contributed by atoms with Crippen LogP contribution in [-0.2, 0) is 4.79 Å². The summed E-state index contributed by atoms with van der Waals surface area (Å²) in [6.07, 6.45) is 0.451. The van der Waals surface area contributed by atoms with Crippen molar-refractivity contribution in [2.75, 3.05) is 11.7 Å². The van der Waals surface area contributed by atoms with Crippen molar-refractivity contribution in [2.45, 2.75) is 11.6 Å². The first-order valence-corrected chi connectivity index (χ1v) is 3.78. The molecule has 1 amide bonds. The van der Waals surface area contributed by atoms with Crippen LogP contribution in [0.4, 0.5) is 0 Å². The molecule has 1 saturated heterocycles. The summed E-state index contributed by atoms with van der Waals surface area (Å²) in [5.41, 5.74) is 2.80. The van der Waals surface area contributed by atoms with E-state index >= 15 is 0 Å². The third kappa shape index (κ3) is 2.02. The number of rotatable bonds is 1. The van der Waals surface area contributed by atoms with Gasteiger partial charge >= 0.3 is 29.6 Å². The number of aromatic nitrogens is 4. The predicted octanol–water partition coefficient (Wildman–Crippen LogP) is -2.31. The van der Waals surface area contributed by atoms with Gasteiger partial charge in [0.1, 0.15) is 0 Å². The molecule has 0 radical (unpaired) electrons. The van der Waals surface area contributed by atoms with Crippen molar-refractivity contribution in [1.82, 2.24) is 25.7 Å². The Morgan fingerprint density at radius 2 is 2.31 bits per heavy atom. The van der Waals surface area contributed by atoms with E-state index in [1.165, 1.54) is 9.91 Å². The van der Waals surface area contributed by atoms with Crippen LogP contribution in [0.1, 0.15) is 6.42 Å². The summed E-state index contributed by atoms with van der Waals surface area (Å²) in [4.78, 5) is 12.3. The van der Waals surface area contributed by atoms with Crippen LogP contribution in [-0.4, -0.2) is 62.3 Å². The van der Waals surface area contributed by atoms with Gasteiger partial charge in [-0.3, -0.25) is 4.79 Å². The second-order valence-corrected chi connectivity index (χ2v) is 2.63. The fraction of sp³-hybridized carbons (Fsp3) is 0.500. The molecule has 66 valence electrons. The number of carbonyl (C=O) groups excluding carboxylic acids is 1. The van der Waals surface area contributed by atoms with E-state index in [4.69, 9.17) is 0 Å². The van der Waals surface area contributed by atoms with Gasteiger partial charge in [-0.05, 0) is 10.4 Å². The molecule has 1 aromatic heterocycles. The minimum absolute atomic E-state index is 0. The minimum atomic E-state index is -0.0717. The van der Waals surface area contributed by atoms with Crippen molar-refractivity contribution < 1.29 is 4.79 Å². The van der Waals surface area contributed by atoms with Crippen LogP contribution in [0.3, 0.4) is 0 Å². The quantitative estimate of drug-likeness (QED) is 0.402. The molecule has 1 fully saturated rings. The first-order chi connectivity index (χ1) is 5.79. The van der Waals surface area contributed by atoms with Crippen molar-refractivity contribution in [3.8, 4) is 0 Å². The fourth-order valence-corrected chi connectivity index (χ4v) is 1.11. The molecular formula is C4H7N6NaOS. The average molecular weight is 210 g/mol. The Labute approximate surface area is 101 Å². The summed E-state index contributed by atoms with van der Waals surface area (Å²) >= 11 is 3.96. The van der Waals surface area contributed by atoms with E-state index in [1.54, 1.807) is 0 Å². The van der Waals surface area contributed by atoms with Gasteiger partial charge in [-0.1, -0.05) is 17.7 Å². The van der Waals surface area contributed by atoms with Gasteiger partial charge in [-0.25, -0.2) is 5.43 Å². The van der Waals surface area contributed by atoms with Gasteiger partial charge in [0.25, 0.3) is 5.91 Å². The van der Waals surface area contributed by atoms with Crippen LogP contribution in [0.2, 0.25) is 0 Å². The molecule has 2 rings (SSSR count). The number of thiol groups is 1. The molecule has 1 aliphatic heterocycles. The van der Waals surface area contributed by atoms with Crippen molar-refractivity contribution in [3.05, 3.63) is 0 Å². The number of nitrogens with zero attached hydrogens (tertiary/aromatic N) is 5. The Morgan fingerprint density at radius 1 is 1.54 bits per heavy atom. The number of carbonyl (C=O) groups is 1. The van der Waals surface area contributed by atoms with E-state index in [0.717, 1.165) is 0 Å². The van der Waals surface area contributed by atoms with Gasteiger partial charge in [-0.2, -0.15) is 5.12 Å². The molecule has 7 nitrogen and oxygen atoms in total. The third-order valence-electron chi connectivity index (χ3n) is 1.46. The van der Waals surface area contributed by atoms with Crippen LogP contribution < -0.4 is 10.5 Å². The van der Waals surface area contributed by atoms with Gasteiger partial charge in [0.15, 0.2) is 0 Å². The van der Waals surface area contributed by atoms with Gasteiger partial charge in [-0.15, -0.1) is 4.79 Å². The summed E-state index contributed by atoms with van der Waals surface area (Å²) in [6.45, 7) is 0.603. The van der Waals surface area contributed by atoms with Crippen LogP contribution in [0.25, 0.3) is 0 Å². The standard InChI is InChI=1S/C4H6N6OS.Na.H/c11-3-1-2-5-9(3)10-4(12)6-7-8-10;;/h5H,1-2H2,(H,6,8,12);;. The molecular weight excluding hydrogens is 203 g/mol. The van der Waals surface area contributed by atoms with Crippen LogP contribution in [0.15, 0.2) is 5.16 Å². The zero-order valence-corrected chi connectivity index (χ0v) is 6.90. The fourth-order valence-electron chi connectivity index (χ4n) is 0.943. The number of nitrogens with one attached hydrogen (secondary N) is 1. The van der Waals surface area contributed by atoms with Crippen molar-refractivity contribution in [2.24, 2.45) is 0 Å². The Bertz CT molecular complexity index is 315. The molecule has 13 heavy (non-hydrogen) atoms. The molecule has 1 N–H and O–H groups in total.